The molecule has 2 aromatic heterocycles. The van der Waals surface area contributed by atoms with Gasteiger partial charge in [-0.1, -0.05) is 5.16 Å². The molecule has 0 unspecified atom stereocenters. The van der Waals surface area contributed by atoms with E-state index >= 15 is 0 Å². The van der Waals surface area contributed by atoms with Gasteiger partial charge in [-0.05, 0) is 26.0 Å². The third-order valence-corrected chi connectivity index (χ3v) is 4.25. The molecular formula is C17H22N4O3. The van der Waals surface area contributed by atoms with Gasteiger partial charge in [-0.2, -0.15) is 0 Å². The molecule has 1 aliphatic rings. The van der Waals surface area contributed by atoms with Crippen molar-refractivity contribution in [2.75, 3.05) is 38.3 Å². The number of hydrogen-bond donors (Lipinski definition) is 0. The van der Waals surface area contributed by atoms with Crippen LogP contribution in [0, 0.1) is 13.8 Å². The molecule has 1 amide bonds. The van der Waals surface area contributed by atoms with Gasteiger partial charge in [0.25, 0.3) is 5.91 Å². The number of aryl methyl sites for hydroxylation is 2. The molecule has 1 fully saturated rings. The lowest BCUT2D eigenvalue weighted by molar-refractivity contribution is 0.0783. The fourth-order valence-electron chi connectivity index (χ4n) is 2.83. The van der Waals surface area contributed by atoms with Gasteiger partial charge in [0.05, 0.1) is 31.0 Å². The summed E-state index contributed by atoms with van der Waals surface area (Å²) in [4.78, 5) is 21.1. The zero-order chi connectivity index (χ0) is 17.1. The molecule has 1 saturated heterocycles. The summed E-state index contributed by atoms with van der Waals surface area (Å²) in [6.07, 6.45) is 1.72. The minimum absolute atomic E-state index is 0.0652. The molecule has 128 valence electrons. The maximum absolute atomic E-state index is 12.9. The Morgan fingerprint density at radius 2 is 2.08 bits per heavy atom. The van der Waals surface area contributed by atoms with Crippen molar-refractivity contribution in [1.29, 1.82) is 0 Å². The fourth-order valence-corrected chi connectivity index (χ4v) is 2.83. The topological polar surface area (TPSA) is 71.7 Å². The van der Waals surface area contributed by atoms with Gasteiger partial charge >= 0.3 is 0 Å². The second kappa shape index (κ2) is 7.00. The summed E-state index contributed by atoms with van der Waals surface area (Å²) in [5.74, 6) is 1.40. The second-order valence-electron chi connectivity index (χ2n) is 5.94. The van der Waals surface area contributed by atoms with Gasteiger partial charge in [-0.3, -0.25) is 4.79 Å². The minimum Gasteiger partial charge on any atom is -0.378 e. The van der Waals surface area contributed by atoms with Crippen LogP contribution in [-0.4, -0.2) is 54.3 Å². The molecule has 7 heteroatoms. The van der Waals surface area contributed by atoms with Crippen LogP contribution in [0.15, 0.2) is 22.9 Å². The van der Waals surface area contributed by atoms with E-state index in [0.29, 0.717) is 25.3 Å². The normalized spacial score (nSPS) is 14.7. The minimum atomic E-state index is -0.0652. The SMILES string of the molecule is Cc1noc(C)c1CN(C)C(=O)c1cccnc1N1CCOCC1. The number of amides is 1. The second-order valence-corrected chi connectivity index (χ2v) is 5.94. The monoisotopic (exact) mass is 330 g/mol. The summed E-state index contributed by atoms with van der Waals surface area (Å²) in [7, 11) is 1.78. The number of morpholine rings is 1. The number of carbonyl (C=O) groups excluding carboxylic acids is 1. The molecule has 0 N–H and O–H groups in total. The van der Waals surface area contributed by atoms with Crippen LogP contribution in [0.3, 0.4) is 0 Å². The quantitative estimate of drug-likeness (QED) is 0.851. The Morgan fingerprint density at radius 1 is 1.33 bits per heavy atom. The lowest BCUT2D eigenvalue weighted by Gasteiger charge is -2.29. The predicted octanol–water partition coefficient (Wildman–Crippen LogP) is 1.80. The van der Waals surface area contributed by atoms with Crippen LogP contribution in [0.4, 0.5) is 5.82 Å². The third-order valence-electron chi connectivity index (χ3n) is 4.25. The molecule has 7 nitrogen and oxygen atoms in total. The first-order valence-corrected chi connectivity index (χ1v) is 8.03. The van der Waals surface area contributed by atoms with Gasteiger partial charge < -0.3 is 19.1 Å². The molecule has 3 rings (SSSR count). The summed E-state index contributed by atoms with van der Waals surface area (Å²) < 4.78 is 10.6. The van der Waals surface area contributed by atoms with Crippen molar-refractivity contribution in [1.82, 2.24) is 15.0 Å². The van der Waals surface area contributed by atoms with Crippen LogP contribution in [0.2, 0.25) is 0 Å². The van der Waals surface area contributed by atoms with E-state index in [9.17, 15) is 4.79 Å². The number of nitrogens with zero attached hydrogens (tertiary/aromatic N) is 4. The van der Waals surface area contributed by atoms with Crippen LogP contribution in [0.25, 0.3) is 0 Å². The number of carbonyl (C=O) groups is 1. The van der Waals surface area contributed by atoms with Crippen LogP contribution in [-0.2, 0) is 11.3 Å². The van der Waals surface area contributed by atoms with Crippen molar-refractivity contribution in [3.8, 4) is 0 Å². The highest BCUT2D eigenvalue weighted by Crippen LogP contribution is 2.21. The van der Waals surface area contributed by atoms with E-state index < -0.39 is 0 Å². The van der Waals surface area contributed by atoms with Crippen LogP contribution in [0.1, 0.15) is 27.4 Å². The molecule has 2 aromatic rings. The van der Waals surface area contributed by atoms with Gasteiger partial charge in [-0.15, -0.1) is 0 Å². The third kappa shape index (κ3) is 3.26. The number of rotatable bonds is 4. The average molecular weight is 330 g/mol. The highest BCUT2D eigenvalue weighted by atomic mass is 16.5. The van der Waals surface area contributed by atoms with Crippen molar-refractivity contribution in [3.63, 3.8) is 0 Å². The molecule has 0 atom stereocenters. The van der Waals surface area contributed by atoms with E-state index in [4.69, 9.17) is 9.26 Å². The van der Waals surface area contributed by atoms with E-state index in [0.717, 1.165) is 35.9 Å². The first-order chi connectivity index (χ1) is 11.6. The summed E-state index contributed by atoms with van der Waals surface area (Å²) in [6.45, 7) is 6.98. The molecule has 0 aliphatic carbocycles. The van der Waals surface area contributed by atoms with E-state index in [1.165, 1.54) is 0 Å². The summed E-state index contributed by atoms with van der Waals surface area (Å²) in [6, 6.07) is 3.62. The highest BCUT2D eigenvalue weighted by Gasteiger charge is 2.23. The predicted molar refractivity (Wildman–Crippen MR) is 89.0 cm³/mol. The molecule has 1 aliphatic heterocycles. The van der Waals surface area contributed by atoms with Crippen molar-refractivity contribution >= 4 is 11.7 Å². The Labute approximate surface area is 141 Å². The van der Waals surface area contributed by atoms with E-state index in [1.54, 1.807) is 24.2 Å². The molecule has 0 saturated carbocycles. The summed E-state index contributed by atoms with van der Waals surface area (Å²) in [5, 5.41) is 3.94. The van der Waals surface area contributed by atoms with Gasteiger partial charge in [0.1, 0.15) is 11.6 Å². The van der Waals surface area contributed by atoms with E-state index in [-0.39, 0.29) is 5.91 Å². The van der Waals surface area contributed by atoms with E-state index in [2.05, 4.69) is 15.0 Å². The molecule has 24 heavy (non-hydrogen) atoms. The number of anilines is 1. The maximum atomic E-state index is 12.9. The van der Waals surface area contributed by atoms with Crippen molar-refractivity contribution in [2.24, 2.45) is 0 Å². The Balaban J connectivity index is 1.81. The summed E-state index contributed by atoms with van der Waals surface area (Å²) >= 11 is 0. The molecule has 3 heterocycles. The zero-order valence-electron chi connectivity index (χ0n) is 14.3. The summed E-state index contributed by atoms with van der Waals surface area (Å²) in [5.41, 5.74) is 2.36. The van der Waals surface area contributed by atoms with Crippen molar-refractivity contribution < 1.29 is 14.1 Å². The van der Waals surface area contributed by atoms with Crippen LogP contribution < -0.4 is 4.90 Å². The highest BCUT2D eigenvalue weighted by molar-refractivity contribution is 5.98. The van der Waals surface area contributed by atoms with Gasteiger partial charge in [0, 0.05) is 31.9 Å². The van der Waals surface area contributed by atoms with Gasteiger partial charge in [0.2, 0.25) is 0 Å². The Hall–Kier alpha value is -2.41. The smallest absolute Gasteiger partial charge is 0.257 e. The lowest BCUT2D eigenvalue weighted by Crippen LogP contribution is -2.38. The van der Waals surface area contributed by atoms with Crippen molar-refractivity contribution in [2.45, 2.75) is 20.4 Å². The van der Waals surface area contributed by atoms with Gasteiger partial charge in [-0.25, -0.2) is 4.98 Å². The number of hydrogen-bond acceptors (Lipinski definition) is 6. The Kier molecular flexibility index (Phi) is 4.80. The standard InChI is InChI=1S/C17H22N4O3/c1-12-15(13(2)24-19-12)11-20(3)17(22)14-5-4-6-18-16(14)21-7-9-23-10-8-21/h4-6H,7-11H2,1-3H3. The Morgan fingerprint density at radius 3 is 2.75 bits per heavy atom. The fraction of sp³-hybridized carbons (Fsp3) is 0.471. The number of aromatic nitrogens is 2. The van der Waals surface area contributed by atoms with Crippen molar-refractivity contribution in [3.05, 3.63) is 40.9 Å². The number of pyridine rings is 1. The molecule has 0 radical (unpaired) electrons. The zero-order valence-corrected chi connectivity index (χ0v) is 14.3. The lowest BCUT2D eigenvalue weighted by atomic mass is 10.1. The maximum Gasteiger partial charge on any atom is 0.257 e. The molecule has 0 bridgehead atoms. The first-order valence-electron chi connectivity index (χ1n) is 8.03. The molecule has 0 aromatic carbocycles. The average Bonchev–Trinajstić information content (AvgIpc) is 2.93. The first kappa shape index (κ1) is 16.4. The van der Waals surface area contributed by atoms with E-state index in [1.807, 2.05) is 19.9 Å². The van der Waals surface area contributed by atoms with Gasteiger partial charge in [0.15, 0.2) is 0 Å². The van der Waals surface area contributed by atoms with Crippen LogP contribution in [0.5, 0.6) is 0 Å². The van der Waals surface area contributed by atoms with Crippen LogP contribution >= 0.6 is 0 Å². The molecule has 0 spiro atoms. The number of ether oxygens (including phenoxy) is 1. The molecular weight excluding hydrogens is 308 g/mol. The largest absolute Gasteiger partial charge is 0.378 e. The Bertz CT molecular complexity index is 703.